The van der Waals surface area contributed by atoms with Crippen LogP contribution in [-0.2, 0) is 0 Å². The van der Waals surface area contributed by atoms with Crippen molar-refractivity contribution < 1.29 is 4.79 Å². The van der Waals surface area contributed by atoms with Crippen LogP contribution in [0.5, 0.6) is 0 Å². The third kappa shape index (κ3) is 5.49. The maximum absolute atomic E-state index is 10.7. The fourth-order valence-electron chi connectivity index (χ4n) is 1.21. The standard InChI is InChI=1S/C7H6Cl2N2O.C6H12ClN/c8-4-2-1-3(7(11)12)5(9)6(4)10;1-5(2)6(7)8(3)4/h1-2H,10H2,(H2,11,12);1-4H3. The first-order valence-corrected chi connectivity index (χ1v) is 6.76. The van der Waals surface area contributed by atoms with E-state index in [1.165, 1.54) is 12.1 Å². The molecule has 0 bridgehead atoms. The number of hydrogen-bond acceptors (Lipinski definition) is 3. The number of primary amides is 1. The predicted molar refractivity (Wildman–Crippen MR) is 87.3 cm³/mol. The van der Waals surface area contributed by atoms with Gasteiger partial charge in [-0.2, -0.15) is 0 Å². The summed E-state index contributed by atoms with van der Waals surface area (Å²) in [5, 5.41) is 1.24. The zero-order chi connectivity index (χ0) is 16.0. The van der Waals surface area contributed by atoms with Crippen molar-refractivity contribution in [3.63, 3.8) is 0 Å². The average molecular weight is 339 g/mol. The van der Waals surface area contributed by atoms with Gasteiger partial charge in [0, 0.05) is 14.1 Å². The second-order valence-corrected chi connectivity index (χ2v) is 5.52. The first-order valence-electron chi connectivity index (χ1n) is 5.63. The molecule has 0 aliphatic carbocycles. The molecule has 0 aliphatic rings. The van der Waals surface area contributed by atoms with E-state index >= 15 is 0 Å². The Hall–Kier alpha value is -1.10. The Morgan fingerprint density at radius 2 is 1.70 bits per heavy atom. The van der Waals surface area contributed by atoms with Crippen molar-refractivity contribution in [2.45, 2.75) is 13.8 Å². The Balaban J connectivity index is 0.000000396. The van der Waals surface area contributed by atoms with Gasteiger partial charge in [-0.1, -0.05) is 34.8 Å². The first kappa shape index (κ1) is 18.9. The van der Waals surface area contributed by atoms with Crippen LogP contribution < -0.4 is 11.5 Å². The van der Waals surface area contributed by atoms with E-state index in [0.717, 1.165) is 10.7 Å². The molecule has 112 valence electrons. The fraction of sp³-hybridized carbons (Fsp3) is 0.308. The van der Waals surface area contributed by atoms with E-state index in [1.54, 1.807) is 0 Å². The van der Waals surface area contributed by atoms with Crippen LogP contribution in [0.15, 0.2) is 22.9 Å². The highest BCUT2D eigenvalue weighted by molar-refractivity contribution is 6.40. The summed E-state index contributed by atoms with van der Waals surface area (Å²) in [6, 6.07) is 2.91. The summed E-state index contributed by atoms with van der Waals surface area (Å²) in [5.74, 6) is -0.622. The molecule has 4 nitrogen and oxygen atoms in total. The highest BCUT2D eigenvalue weighted by Crippen LogP contribution is 2.29. The number of rotatable bonds is 2. The van der Waals surface area contributed by atoms with Crippen molar-refractivity contribution in [2.24, 2.45) is 5.73 Å². The summed E-state index contributed by atoms with van der Waals surface area (Å²) in [4.78, 5) is 12.6. The Bertz CT molecular complexity index is 524. The normalized spacial score (nSPS) is 9.35. The molecule has 0 spiro atoms. The number of halogens is 3. The summed E-state index contributed by atoms with van der Waals surface area (Å²) in [7, 11) is 3.85. The topological polar surface area (TPSA) is 72.3 Å². The number of nitrogens with zero attached hydrogens (tertiary/aromatic N) is 1. The van der Waals surface area contributed by atoms with Gasteiger partial charge in [0.25, 0.3) is 0 Å². The smallest absolute Gasteiger partial charge is 0.250 e. The molecule has 1 aromatic rings. The largest absolute Gasteiger partial charge is 0.396 e. The van der Waals surface area contributed by atoms with E-state index in [0.29, 0.717) is 5.02 Å². The first-order chi connectivity index (χ1) is 9.09. The maximum Gasteiger partial charge on any atom is 0.250 e. The predicted octanol–water partition coefficient (Wildman–Crippen LogP) is 3.71. The molecule has 4 N–H and O–H groups in total. The number of carbonyl (C=O) groups is 1. The minimum Gasteiger partial charge on any atom is -0.396 e. The van der Waals surface area contributed by atoms with Crippen LogP contribution >= 0.6 is 34.8 Å². The quantitative estimate of drug-likeness (QED) is 0.637. The van der Waals surface area contributed by atoms with E-state index in [2.05, 4.69) is 0 Å². The molecule has 0 saturated carbocycles. The molecule has 0 radical (unpaired) electrons. The number of benzene rings is 1. The van der Waals surface area contributed by atoms with Gasteiger partial charge in [-0.3, -0.25) is 4.79 Å². The summed E-state index contributed by atoms with van der Waals surface area (Å²) in [6.07, 6.45) is 0. The molecule has 0 heterocycles. The number of amides is 1. The Kier molecular flexibility index (Phi) is 7.79. The minimum absolute atomic E-state index is 0.106. The lowest BCUT2D eigenvalue weighted by molar-refractivity contribution is 0.100. The van der Waals surface area contributed by atoms with Crippen molar-refractivity contribution in [3.8, 4) is 0 Å². The van der Waals surface area contributed by atoms with Crippen molar-refractivity contribution >= 4 is 46.4 Å². The molecular weight excluding hydrogens is 321 g/mol. The van der Waals surface area contributed by atoms with Gasteiger partial charge in [-0.05, 0) is 31.6 Å². The van der Waals surface area contributed by atoms with Crippen LogP contribution in [0, 0.1) is 0 Å². The molecule has 1 amide bonds. The van der Waals surface area contributed by atoms with E-state index in [-0.39, 0.29) is 16.3 Å². The van der Waals surface area contributed by atoms with Crippen LogP contribution in [0.4, 0.5) is 5.69 Å². The van der Waals surface area contributed by atoms with Crippen LogP contribution in [0.1, 0.15) is 24.2 Å². The SMILES string of the molecule is CC(C)=C(Cl)N(C)C.NC(=O)c1ccc(Cl)c(N)c1Cl. The lowest BCUT2D eigenvalue weighted by Crippen LogP contribution is -2.12. The number of anilines is 1. The highest BCUT2D eigenvalue weighted by atomic mass is 35.5. The van der Waals surface area contributed by atoms with E-state index in [1.807, 2.05) is 32.8 Å². The van der Waals surface area contributed by atoms with Crippen LogP contribution in [0.2, 0.25) is 10.0 Å². The van der Waals surface area contributed by atoms with Crippen molar-refractivity contribution in [3.05, 3.63) is 38.5 Å². The number of carbonyl (C=O) groups excluding carboxylic acids is 1. The molecule has 20 heavy (non-hydrogen) atoms. The maximum atomic E-state index is 10.7. The Morgan fingerprint density at radius 3 is 2.00 bits per heavy atom. The van der Waals surface area contributed by atoms with E-state index < -0.39 is 5.91 Å². The molecule has 1 rings (SSSR count). The zero-order valence-corrected chi connectivity index (χ0v) is 14.1. The lowest BCUT2D eigenvalue weighted by Gasteiger charge is -2.11. The monoisotopic (exact) mass is 337 g/mol. The second-order valence-electron chi connectivity index (χ2n) is 4.37. The Labute approximate surface area is 134 Å². The van der Waals surface area contributed by atoms with Crippen molar-refractivity contribution in [1.29, 1.82) is 0 Å². The summed E-state index contributed by atoms with van der Waals surface area (Å²) in [5.41, 5.74) is 12.0. The fourth-order valence-corrected chi connectivity index (χ4v) is 1.67. The number of hydrogen-bond donors (Lipinski definition) is 2. The molecule has 1 aromatic carbocycles. The third-order valence-electron chi connectivity index (χ3n) is 2.20. The number of allylic oxidation sites excluding steroid dienone is 1. The van der Waals surface area contributed by atoms with Gasteiger partial charge in [0.05, 0.1) is 21.3 Å². The number of nitrogen functional groups attached to an aromatic ring is 1. The average Bonchev–Trinajstić information content (AvgIpc) is 2.35. The second kappa shape index (κ2) is 8.25. The van der Waals surface area contributed by atoms with Crippen LogP contribution in [0.3, 0.4) is 0 Å². The molecule has 0 unspecified atom stereocenters. The van der Waals surface area contributed by atoms with Crippen molar-refractivity contribution in [1.82, 2.24) is 4.90 Å². The molecule has 0 aliphatic heterocycles. The number of nitrogens with two attached hydrogens (primary N) is 2. The summed E-state index contributed by atoms with van der Waals surface area (Å²) >= 11 is 17.1. The Morgan fingerprint density at radius 1 is 1.20 bits per heavy atom. The van der Waals surface area contributed by atoms with Crippen LogP contribution in [-0.4, -0.2) is 24.9 Å². The van der Waals surface area contributed by atoms with E-state index in [9.17, 15) is 4.79 Å². The van der Waals surface area contributed by atoms with Gasteiger partial charge in [0.1, 0.15) is 5.16 Å². The third-order valence-corrected chi connectivity index (χ3v) is 3.65. The van der Waals surface area contributed by atoms with Gasteiger partial charge >= 0.3 is 0 Å². The molecule has 0 fully saturated rings. The molecule has 0 saturated heterocycles. The van der Waals surface area contributed by atoms with Crippen LogP contribution in [0.25, 0.3) is 0 Å². The zero-order valence-electron chi connectivity index (χ0n) is 11.8. The summed E-state index contributed by atoms with van der Waals surface area (Å²) in [6.45, 7) is 3.98. The molecule has 0 atom stereocenters. The molecule has 0 aromatic heterocycles. The minimum atomic E-state index is -0.622. The summed E-state index contributed by atoms with van der Waals surface area (Å²) < 4.78 is 0. The van der Waals surface area contributed by atoms with Gasteiger partial charge in [0.15, 0.2) is 0 Å². The molecular formula is C13H18Cl3N3O. The highest BCUT2D eigenvalue weighted by Gasteiger charge is 2.10. The lowest BCUT2D eigenvalue weighted by atomic mass is 10.2. The van der Waals surface area contributed by atoms with Crippen molar-refractivity contribution in [2.75, 3.05) is 19.8 Å². The van der Waals surface area contributed by atoms with Gasteiger partial charge < -0.3 is 16.4 Å². The van der Waals surface area contributed by atoms with Gasteiger partial charge in [-0.25, -0.2) is 0 Å². The van der Waals surface area contributed by atoms with Gasteiger partial charge in [0.2, 0.25) is 5.91 Å². The molecule has 7 heteroatoms. The van der Waals surface area contributed by atoms with E-state index in [4.69, 9.17) is 46.3 Å². The van der Waals surface area contributed by atoms with Gasteiger partial charge in [-0.15, -0.1) is 0 Å².